The predicted molar refractivity (Wildman–Crippen MR) is 49.9 cm³/mol. The van der Waals surface area contributed by atoms with Gasteiger partial charge in [-0.2, -0.15) is 0 Å². The van der Waals surface area contributed by atoms with Crippen LogP contribution in [0.1, 0.15) is 19.8 Å². The van der Waals surface area contributed by atoms with Crippen molar-refractivity contribution in [2.24, 2.45) is 0 Å². The zero-order valence-corrected chi connectivity index (χ0v) is 7.84. The van der Waals surface area contributed by atoms with Crippen molar-refractivity contribution in [2.75, 3.05) is 19.6 Å². The maximum absolute atomic E-state index is 3.62. The summed E-state index contributed by atoms with van der Waals surface area (Å²) in [4.78, 5) is 0.400. The molecule has 11 heavy (non-hydrogen) atoms. The number of nitrogens with one attached hydrogen (secondary N) is 2. The quantitative estimate of drug-likeness (QED) is 0.565. The molecule has 2 aliphatic rings. The molecule has 1 spiro atoms. The van der Waals surface area contributed by atoms with Gasteiger partial charge in [-0.25, -0.2) is 0 Å². The summed E-state index contributed by atoms with van der Waals surface area (Å²) in [5, 5.41) is 7.88. The molecule has 64 valence electrons. The lowest BCUT2D eigenvalue weighted by molar-refractivity contribution is 0.373. The Bertz CT molecular complexity index is 138. The summed E-state index contributed by atoms with van der Waals surface area (Å²) in [6.45, 7) is 5.85. The minimum absolute atomic E-state index is 0.400. The fourth-order valence-electron chi connectivity index (χ4n) is 1.93. The van der Waals surface area contributed by atoms with Gasteiger partial charge in [0.05, 0.1) is 4.87 Å². The van der Waals surface area contributed by atoms with E-state index in [0.29, 0.717) is 4.87 Å². The molecule has 0 aromatic rings. The normalized spacial score (nSPS) is 45.0. The average Bonchev–Trinajstić information content (AvgIpc) is 2.34. The Balaban J connectivity index is 1.98. The molecule has 0 amide bonds. The van der Waals surface area contributed by atoms with Crippen LogP contribution in [0, 0.1) is 0 Å². The van der Waals surface area contributed by atoms with Crippen LogP contribution >= 0.6 is 11.8 Å². The highest BCUT2D eigenvalue weighted by molar-refractivity contribution is 8.01. The third kappa shape index (κ3) is 1.55. The van der Waals surface area contributed by atoms with Crippen LogP contribution in [0.3, 0.4) is 0 Å². The number of rotatable bonds is 0. The molecule has 2 saturated heterocycles. The van der Waals surface area contributed by atoms with E-state index in [1.165, 1.54) is 25.9 Å². The highest BCUT2D eigenvalue weighted by Crippen LogP contribution is 2.36. The summed E-state index contributed by atoms with van der Waals surface area (Å²) in [5.74, 6) is 0. The van der Waals surface area contributed by atoms with Crippen molar-refractivity contribution in [3.05, 3.63) is 0 Å². The van der Waals surface area contributed by atoms with Crippen molar-refractivity contribution in [3.63, 3.8) is 0 Å². The van der Waals surface area contributed by atoms with E-state index in [-0.39, 0.29) is 0 Å². The molecule has 0 aliphatic carbocycles. The Labute approximate surface area is 72.5 Å². The van der Waals surface area contributed by atoms with Crippen LogP contribution in [0.2, 0.25) is 0 Å². The number of thioether (sulfide) groups is 1. The third-order valence-corrected chi connectivity index (χ3v) is 4.00. The molecule has 0 aromatic heterocycles. The summed E-state index contributed by atoms with van der Waals surface area (Å²) < 4.78 is 0. The van der Waals surface area contributed by atoms with Gasteiger partial charge in [-0.1, -0.05) is 6.92 Å². The topological polar surface area (TPSA) is 24.1 Å². The van der Waals surface area contributed by atoms with Gasteiger partial charge in [-0.3, -0.25) is 0 Å². The van der Waals surface area contributed by atoms with Crippen LogP contribution in [-0.4, -0.2) is 29.8 Å². The highest BCUT2D eigenvalue weighted by atomic mass is 32.2. The minimum Gasteiger partial charge on any atom is -0.314 e. The van der Waals surface area contributed by atoms with Crippen LogP contribution in [0.15, 0.2) is 0 Å². The van der Waals surface area contributed by atoms with Crippen molar-refractivity contribution in [3.8, 4) is 0 Å². The van der Waals surface area contributed by atoms with Crippen LogP contribution in [-0.2, 0) is 0 Å². The zero-order valence-electron chi connectivity index (χ0n) is 7.02. The summed E-state index contributed by atoms with van der Waals surface area (Å²) in [6.07, 6.45) is 2.67. The number of piperidine rings is 1. The van der Waals surface area contributed by atoms with Gasteiger partial charge in [0.2, 0.25) is 0 Å². The molecule has 2 unspecified atom stereocenters. The second-order valence-corrected chi connectivity index (χ2v) is 5.41. The van der Waals surface area contributed by atoms with E-state index in [9.17, 15) is 0 Å². The Morgan fingerprint density at radius 3 is 3.00 bits per heavy atom. The molecule has 2 fully saturated rings. The van der Waals surface area contributed by atoms with Crippen molar-refractivity contribution in [1.29, 1.82) is 0 Å². The van der Waals surface area contributed by atoms with Gasteiger partial charge in [-0.05, 0) is 19.4 Å². The predicted octanol–water partition coefficient (Wildman–Crippen LogP) is 0.791. The Kier molecular flexibility index (Phi) is 2.12. The molecule has 2 aliphatic heterocycles. The number of hydrogen-bond donors (Lipinski definition) is 2. The van der Waals surface area contributed by atoms with E-state index in [1.54, 1.807) is 0 Å². The lowest BCUT2D eigenvalue weighted by atomic mass is 10.1. The van der Waals surface area contributed by atoms with Gasteiger partial charge in [0, 0.05) is 18.3 Å². The molecule has 3 heteroatoms. The standard InChI is InChI=1S/C8H16N2S/c1-7-5-10-8(11-7)3-2-4-9-6-8/h7,9-10H,2-6H2,1H3. The van der Waals surface area contributed by atoms with Gasteiger partial charge in [0.25, 0.3) is 0 Å². The fourth-order valence-corrected chi connectivity index (χ4v) is 3.48. The minimum atomic E-state index is 0.400. The van der Waals surface area contributed by atoms with Crippen molar-refractivity contribution < 1.29 is 0 Å². The second kappa shape index (κ2) is 2.96. The first-order valence-corrected chi connectivity index (χ1v) is 5.32. The number of hydrogen-bond acceptors (Lipinski definition) is 3. The second-order valence-electron chi connectivity index (χ2n) is 3.58. The molecular formula is C8H16N2S. The van der Waals surface area contributed by atoms with E-state index in [0.717, 1.165) is 11.8 Å². The summed E-state index contributed by atoms with van der Waals surface area (Å²) >= 11 is 2.12. The maximum Gasteiger partial charge on any atom is 0.0775 e. The van der Waals surface area contributed by atoms with Gasteiger partial charge < -0.3 is 10.6 Å². The van der Waals surface area contributed by atoms with Crippen LogP contribution in [0.25, 0.3) is 0 Å². The molecule has 2 rings (SSSR count). The largest absolute Gasteiger partial charge is 0.314 e. The van der Waals surface area contributed by atoms with Crippen LogP contribution in [0.4, 0.5) is 0 Å². The maximum atomic E-state index is 3.62. The fraction of sp³-hybridized carbons (Fsp3) is 1.00. The molecule has 0 aromatic carbocycles. The van der Waals surface area contributed by atoms with Crippen LogP contribution < -0.4 is 10.6 Å². The monoisotopic (exact) mass is 172 g/mol. The molecule has 2 heterocycles. The summed E-state index contributed by atoms with van der Waals surface area (Å²) in [7, 11) is 0. The molecule has 0 bridgehead atoms. The first kappa shape index (κ1) is 7.90. The average molecular weight is 172 g/mol. The first-order valence-electron chi connectivity index (χ1n) is 4.44. The van der Waals surface area contributed by atoms with Gasteiger partial charge in [0.15, 0.2) is 0 Å². The molecule has 0 saturated carbocycles. The zero-order chi connectivity index (χ0) is 7.73. The van der Waals surface area contributed by atoms with E-state index in [1.807, 2.05) is 0 Å². The molecule has 2 nitrogen and oxygen atoms in total. The molecular weight excluding hydrogens is 156 g/mol. The lowest BCUT2D eigenvalue weighted by Gasteiger charge is -2.33. The molecule has 0 radical (unpaired) electrons. The van der Waals surface area contributed by atoms with Crippen molar-refractivity contribution in [1.82, 2.24) is 10.6 Å². The molecule has 2 N–H and O–H groups in total. The highest BCUT2D eigenvalue weighted by Gasteiger charge is 2.38. The van der Waals surface area contributed by atoms with Crippen LogP contribution in [0.5, 0.6) is 0 Å². The SMILES string of the molecule is CC1CNC2(CCCNC2)S1. The summed E-state index contributed by atoms with van der Waals surface area (Å²) in [5.41, 5.74) is 0. The smallest absolute Gasteiger partial charge is 0.0775 e. The van der Waals surface area contributed by atoms with E-state index >= 15 is 0 Å². The van der Waals surface area contributed by atoms with Gasteiger partial charge in [0.1, 0.15) is 0 Å². The lowest BCUT2D eigenvalue weighted by Crippen LogP contribution is -2.50. The Hall–Kier alpha value is 0.270. The first-order chi connectivity index (χ1) is 5.31. The summed E-state index contributed by atoms with van der Waals surface area (Å²) in [6, 6.07) is 0. The van der Waals surface area contributed by atoms with E-state index in [4.69, 9.17) is 0 Å². The van der Waals surface area contributed by atoms with Crippen molar-refractivity contribution >= 4 is 11.8 Å². The third-order valence-electron chi connectivity index (χ3n) is 2.48. The van der Waals surface area contributed by atoms with Gasteiger partial charge in [-0.15, -0.1) is 11.8 Å². The molecule has 2 atom stereocenters. The Morgan fingerprint density at radius 2 is 2.45 bits per heavy atom. The van der Waals surface area contributed by atoms with Crippen molar-refractivity contribution in [2.45, 2.75) is 29.9 Å². The van der Waals surface area contributed by atoms with E-state index in [2.05, 4.69) is 29.3 Å². The Morgan fingerprint density at radius 1 is 1.55 bits per heavy atom. The van der Waals surface area contributed by atoms with E-state index < -0.39 is 0 Å². The van der Waals surface area contributed by atoms with Gasteiger partial charge >= 0.3 is 0 Å².